The number of aliphatic hydroxyl groups is 1. The van der Waals surface area contributed by atoms with Gasteiger partial charge in [0, 0.05) is 15.1 Å². The van der Waals surface area contributed by atoms with Crippen molar-refractivity contribution < 1.29 is 5.11 Å². The van der Waals surface area contributed by atoms with E-state index in [1.807, 2.05) is 18.2 Å². The summed E-state index contributed by atoms with van der Waals surface area (Å²) in [6, 6.07) is 5.70. The van der Waals surface area contributed by atoms with Crippen LogP contribution in [-0.2, 0) is 5.60 Å². The maximum Gasteiger partial charge on any atom is 0.0916 e. The summed E-state index contributed by atoms with van der Waals surface area (Å²) in [6.45, 7) is 4.40. The summed E-state index contributed by atoms with van der Waals surface area (Å²) in [5.41, 5.74) is 0.168. The fourth-order valence-corrected chi connectivity index (χ4v) is 3.22. The number of rotatable bonds is 2. The Kier molecular flexibility index (Phi) is 3.35. The molecule has 0 atom stereocenters. The molecule has 0 aromatic heterocycles. The van der Waals surface area contributed by atoms with Crippen molar-refractivity contribution in [3.63, 3.8) is 0 Å². The maximum atomic E-state index is 10.5. The Balaban J connectivity index is 2.20. The molecule has 0 spiro atoms. The van der Waals surface area contributed by atoms with Gasteiger partial charge in [-0.3, -0.25) is 0 Å². The van der Waals surface area contributed by atoms with Crippen molar-refractivity contribution in [3.05, 3.63) is 33.3 Å². The Bertz CT molecular complexity index is 397. The van der Waals surface area contributed by atoms with Crippen LogP contribution in [0.3, 0.4) is 0 Å². The molecule has 1 aliphatic rings. The third-order valence-corrected chi connectivity index (χ3v) is 4.38. The number of hydrogen-bond donors (Lipinski definition) is 1. The van der Waals surface area contributed by atoms with E-state index in [1.165, 1.54) is 0 Å². The topological polar surface area (TPSA) is 20.2 Å². The molecule has 0 saturated heterocycles. The average molecular weight is 304 g/mol. The van der Waals surface area contributed by atoms with Crippen LogP contribution in [0.15, 0.2) is 22.7 Å². The van der Waals surface area contributed by atoms with Crippen LogP contribution in [0.4, 0.5) is 0 Å². The molecule has 1 aromatic carbocycles. The van der Waals surface area contributed by atoms with E-state index in [9.17, 15) is 5.11 Å². The van der Waals surface area contributed by atoms with Crippen LogP contribution >= 0.6 is 27.5 Å². The first-order chi connectivity index (χ1) is 7.42. The first-order valence-electron chi connectivity index (χ1n) is 5.60. The summed E-state index contributed by atoms with van der Waals surface area (Å²) in [5.74, 6) is 1.25. The molecule has 0 bridgehead atoms. The van der Waals surface area contributed by atoms with Gasteiger partial charge in [-0.05, 0) is 36.8 Å². The van der Waals surface area contributed by atoms with E-state index in [-0.39, 0.29) is 0 Å². The Morgan fingerprint density at radius 2 is 2.06 bits per heavy atom. The van der Waals surface area contributed by atoms with E-state index >= 15 is 0 Å². The molecule has 1 aliphatic carbocycles. The minimum atomic E-state index is -0.702. The van der Waals surface area contributed by atoms with Crippen molar-refractivity contribution in [1.29, 1.82) is 0 Å². The smallest absolute Gasteiger partial charge is 0.0916 e. The Labute approximate surface area is 110 Å². The molecule has 16 heavy (non-hydrogen) atoms. The van der Waals surface area contributed by atoms with Gasteiger partial charge in [0.2, 0.25) is 0 Å². The lowest BCUT2D eigenvalue weighted by Gasteiger charge is -2.46. The van der Waals surface area contributed by atoms with Crippen molar-refractivity contribution in [2.45, 2.75) is 32.3 Å². The standard InChI is InChI=1S/C13H16BrClO/c1-8(2)9-6-13(16,7-9)11-4-3-10(14)5-12(11)15/h3-5,8-9,16H,6-7H2,1-2H3. The number of halogens is 2. The van der Waals surface area contributed by atoms with Crippen molar-refractivity contribution >= 4 is 27.5 Å². The largest absolute Gasteiger partial charge is 0.385 e. The second-order valence-electron chi connectivity index (χ2n) is 5.07. The van der Waals surface area contributed by atoms with E-state index in [0.29, 0.717) is 16.9 Å². The highest BCUT2D eigenvalue weighted by Gasteiger charge is 2.45. The third-order valence-electron chi connectivity index (χ3n) is 3.58. The lowest BCUT2D eigenvalue weighted by molar-refractivity contribution is -0.0932. The van der Waals surface area contributed by atoms with Gasteiger partial charge in [0.15, 0.2) is 0 Å². The molecule has 1 saturated carbocycles. The molecule has 0 radical (unpaired) electrons. The summed E-state index contributed by atoms with van der Waals surface area (Å²) >= 11 is 9.54. The van der Waals surface area contributed by atoms with Gasteiger partial charge in [-0.25, -0.2) is 0 Å². The minimum Gasteiger partial charge on any atom is -0.385 e. The highest BCUT2D eigenvalue weighted by molar-refractivity contribution is 9.10. The van der Waals surface area contributed by atoms with Crippen molar-refractivity contribution in [1.82, 2.24) is 0 Å². The van der Waals surface area contributed by atoms with E-state index in [4.69, 9.17) is 11.6 Å². The highest BCUT2D eigenvalue weighted by Crippen LogP contribution is 2.50. The van der Waals surface area contributed by atoms with Crippen molar-refractivity contribution in [3.8, 4) is 0 Å². The maximum absolute atomic E-state index is 10.5. The van der Waals surface area contributed by atoms with E-state index in [1.54, 1.807) is 0 Å². The van der Waals surface area contributed by atoms with Gasteiger partial charge in [-0.1, -0.05) is 47.4 Å². The van der Waals surface area contributed by atoms with Crippen molar-refractivity contribution in [2.24, 2.45) is 11.8 Å². The lowest BCUT2D eigenvalue weighted by atomic mass is 9.63. The molecule has 1 N–H and O–H groups in total. The second-order valence-corrected chi connectivity index (χ2v) is 6.39. The summed E-state index contributed by atoms with van der Waals surface area (Å²) < 4.78 is 0.949. The predicted octanol–water partition coefficient (Wildman–Crippen LogP) is 4.36. The lowest BCUT2D eigenvalue weighted by Crippen LogP contribution is -2.43. The van der Waals surface area contributed by atoms with Gasteiger partial charge in [-0.15, -0.1) is 0 Å². The fourth-order valence-electron chi connectivity index (χ4n) is 2.37. The van der Waals surface area contributed by atoms with Gasteiger partial charge >= 0.3 is 0 Å². The van der Waals surface area contributed by atoms with Gasteiger partial charge in [0.25, 0.3) is 0 Å². The Morgan fingerprint density at radius 1 is 1.44 bits per heavy atom. The zero-order valence-corrected chi connectivity index (χ0v) is 11.8. The average Bonchev–Trinajstić information content (AvgIpc) is 2.12. The number of benzene rings is 1. The van der Waals surface area contributed by atoms with E-state index in [2.05, 4.69) is 29.8 Å². The van der Waals surface area contributed by atoms with Crippen molar-refractivity contribution in [2.75, 3.05) is 0 Å². The Morgan fingerprint density at radius 3 is 2.56 bits per heavy atom. The van der Waals surface area contributed by atoms with Gasteiger partial charge in [0.05, 0.1) is 5.60 Å². The van der Waals surface area contributed by atoms with Crippen LogP contribution in [0.25, 0.3) is 0 Å². The highest BCUT2D eigenvalue weighted by atomic mass is 79.9. The zero-order valence-electron chi connectivity index (χ0n) is 9.50. The molecule has 0 aliphatic heterocycles. The molecule has 1 nitrogen and oxygen atoms in total. The summed E-state index contributed by atoms with van der Waals surface area (Å²) in [7, 11) is 0. The van der Waals surface area contributed by atoms with Crippen LogP contribution in [0.2, 0.25) is 5.02 Å². The SMILES string of the molecule is CC(C)C1CC(O)(c2ccc(Br)cc2Cl)C1. The molecule has 0 amide bonds. The molecule has 1 fully saturated rings. The quantitative estimate of drug-likeness (QED) is 0.861. The molecule has 1 aromatic rings. The van der Waals surface area contributed by atoms with Gasteiger partial charge in [-0.2, -0.15) is 0 Å². The normalized spacial score (nSPS) is 29.2. The van der Waals surface area contributed by atoms with E-state index in [0.717, 1.165) is 22.9 Å². The third kappa shape index (κ3) is 2.15. The molecular formula is C13H16BrClO. The van der Waals surface area contributed by atoms with Crippen LogP contribution in [0.5, 0.6) is 0 Å². The molecule has 3 heteroatoms. The fraction of sp³-hybridized carbons (Fsp3) is 0.538. The van der Waals surface area contributed by atoms with Gasteiger partial charge in [0.1, 0.15) is 0 Å². The first kappa shape index (κ1) is 12.4. The molecule has 2 rings (SSSR count). The van der Waals surface area contributed by atoms with Gasteiger partial charge < -0.3 is 5.11 Å². The predicted molar refractivity (Wildman–Crippen MR) is 70.6 cm³/mol. The summed E-state index contributed by atoms with van der Waals surface area (Å²) in [4.78, 5) is 0. The molecular weight excluding hydrogens is 287 g/mol. The molecule has 88 valence electrons. The molecule has 0 unspecified atom stereocenters. The van der Waals surface area contributed by atoms with Crippen LogP contribution in [0, 0.1) is 11.8 Å². The summed E-state index contributed by atoms with van der Waals surface area (Å²) in [6.07, 6.45) is 1.65. The van der Waals surface area contributed by atoms with Crippen LogP contribution in [0.1, 0.15) is 32.3 Å². The number of hydrogen-bond acceptors (Lipinski definition) is 1. The second kappa shape index (κ2) is 4.32. The van der Waals surface area contributed by atoms with E-state index < -0.39 is 5.60 Å². The Hall–Kier alpha value is -0.0500. The van der Waals surface area contributed by atoms with Crippen LogP contribution < -0.4 is 0 Å². The van der Waals surface area contributed by atoms with Crippen LogP contribution in [-0.4, -0.2) is 5.11 Å². The first-order valence-corrected chi connectivity index (χ1v) is 6.77. The molecule has 0 heterocycles. The zero-order chi connectivity index (χ0) is 11.9. The minimum absolute atomic E-state index is 0.615. The monoisotopic (exact) mass is 302 g/mol. The summed E-state index contributed by atoms with van der Waals surface area (Å²) in [5, 5.41) is 11.1.